The van der Waals surface area contributed by atoms with Crippen molar-refractivity contribution in [1.29, 1.82) is 0 Å². The number of aromatic amines is 1. The molecule has 29 heavy (non-hydrogen) atoms. The predicted molar refractivity (Wildman–Crippen MR) is 117 cm³/mol. The number of hydrogen-bond acceptors (Lipinski definition) is 1. The van der Waals surface area contributed by atoms with Crippen LogP contribution >= 0.6 is 0 Å². The van der Waals surface area contributed by atoms with Gasteiger partial charge in [0.2, 0.25) is 0 Å². The highest BCUT2D eigenvalue weighted by atomic mass is 16.1. The minimum absolute atomic E-state index is 0.115. The first kappa shape index (κ1) is 19.0. The zero-order valence-electron chi connectivity index (χ0n) is 16.5. The lowest BCUT2D eigenvalue weighted by Crippen LogP contribution is -2.92. The van der Waals surface area contributed by atoms with Crippen molar-refractivity contribution in [2.45, 2.75) is 18.9 Å². The fourth-order valence-electron chi connectivity index (χ4n) is 3.92. The van der Waals surface area contributed by atoms with Crippen molar-refractivity contribution in [3.63, 3.8) is 0 Å². The summed E-state index contributed by atoms with van der Waals surface area (Å²) in [7, 11) is 0. The number of rotatable bonds is 7. The van der Waals surface area contributed by atoms with Gasteiger partial charge >= 0.3 is 0 Å². The maximum atomic E-state index is 11.6. The average molecular weight is 385 g/mol. The first-order valence-corrected chi connectivity index (χ1v) is 9.98. The van der Waals surface area contributed by atoms with Gasteiger partial charge in [-0.3, -0.25) is 4.79 Å². The summed E-state index contributed by atoms with van der Waals surface area (Å²) in [5, 5.41) is 3.25. The van der Waals surface area contributed by atoms with E-state index in [1.165, 1.54) is 16.5 Å². The number of carbonyl (C=O) groups excluding carboxylic acids is 1. The van der Waals surface area contributed by atoms with Gasteiger partial charge in [-0.1, -0.05) is 78.9 Å². The summed E-state index contributed by atoms with van der Waals surface area (Å²) in [4.78, 5) is 15.3. The molecule has 3 aromatic carbocycles. The van der Waals surface area contributed by atoms with Crippen LogP contribution in [0.25, 0.3) is 22.2 Å². The summed E-state index contributed by atoms with van der Waals surface area (Å²) in [5.41, 5.74) is 11.4. The van der Waals surface area contributed by atoms with Crippen LogP contribution in [-0.2, 0) is 4.79 Å². The van der Waals surface area contributed by atoms with E-state index in [0.717, 1.165) is 23.3 Å². The topological polar surface area (TPSA) is 75.5 Å². The summed E-state index contributed by atoms with van der Waals surface area (Å²) >= 11 is 0. The van der Waals surface area contributed by atoms with E-state index in [9.17, 15) is 4.79 Å². The van der Waals surface area contributed by atoms with Crippen LogP contribution in [0.4, 0.5) is 0 Å². The van der Waals surface area contributed by atoms with Gasteiger partial charge in [0.25, 0.3) is 5.91 Å². The molecule has 0 aliphatic rings. The number of carbonyl (C=O) groups is 1. The second-order valence-corrected chi connectivity index (χ2v) is 7.45. The van der Waals surface area contributed by atoms with Crippen molar-refractivity contribution >= 4 is 16.8 Å². The van der Waals surface area contributed by atoms with Crippen LogP contribution in [0.2, 0.25) is 0 Å². The van der Waals surface area contributed by atoms with Crippen LogP contribution in [0.1, 0.15) is 24.0 Å². The Kier molecular flexibility index (Phi) is 5.45. The summed E-state index contributed by atoms with van der Waals surface area (Å²) in [6.45, 7) is 2.59. The summed E-state index contributed by atoms with van der Waals surface area (Å²) in [6, 6.07) is 29.0. The van der Waals surface area contributed by atoms with Crippen LogP contribution in [0.15, 0.2) is 84.9 Å². The minimum Gasteiger partial charge on any atom is -0.365 e. The molecule has 1 aromatic heterocycles. The third-order valence-corrected chi connectivity index (χ3v) is 5.53. The number of quaternary nitrogens is 1. The fourth-order valence-corrected chi connectivity index (χ4v) is 3.92. The largest absolute Gasteiger partial charge is 0.365 e. The van der Waals surface area contributed by atoms with Gasteiger partial charge < -0.3 is 16.0 Å². The Bertz CT molecular complexity index is 1100. The second kappa shape index (κ2) is 8.33. The summed E-state index contributed by atoms with van der Waals surface area (Å²) < 4.78 is 0. The Balaban J connectivity index is 1.88. The van der Waals surface area contributed by atoms with Crippen molar-refractivity contribution in [2.24, 2.45) is 5.73 Å². The van der Waals surface area contributed by atoms with Gasteiger partial charge in [-0.25, -0.2) is 0 Å². The SMILES string of the molecule is C[C@@H]([NH2+]C[C@H](c1ccccc1)c1c(-c2ccccc2)[nH]c2ccccc12)C(N)=O. The molecule has 4 aromatic rings. The number of benzene rings is 3. The molecular formula is C25H26N3O+. The number of nitrogens with one attached hydrogen (secondary N) is 1. The fraction of sp³-hybridized carbons (Fsp3) is 0.160. The molecule has 4 heteroatoms. The van der Waals surface area contributed by atoms with Crippen molar-refractivity contribution in [2.75, 3.05) is 6.54 Å². The average Bonchev–Trinajstić information content (AvgIpc) is 3.14. The number of nitrogens with two attached hydrogens (primary N) is 2. The van der Waals surface area contributed by atoms with E-state index >= 15 is 0 Å². The van der Waals surface area contributed by atoms with Crippen LogP contribution in [0.3, 0.4) is 0 Å². The van der Waals surface area contributed by atoms with Gasteiger partial charge in [0, 0.05) is 10.9 Å². The second-order valence-electron chi connectivity index (χ2n) is 7.45. The molecule has 0 bridgehead atoms. The molecule has 0 saturated heterocycles. The maximum Gasteiger partial charge on any atom is 0.275 e. The van der Waals surface area contributed by atoms with Crippen molar-refractivity contribution in [3.8, 4) is 11.3 Å². The number of para-hydroxylation sites is 1. The zero-order chi connectivity index (χ0) is 20.2. The van der Waals surface area contributed by atoms with E-state index in [0.29, 0.717) is 0 Å². The molecular weight excluding hydrogens is 358 g/mol. The summed E-state index contributed by atoms with van der Waals surface area (Å²) in [5.74, 6) is -0.177. The molecule has 0 aliphatic heterocycles. The van der Waals surface area contributed by atoms with Gasteiger partial charge in [0.05, 0.1) is 18.2 Å². The Morgan fingerprint density at radius 1 is 0.931 bits per heavy atom. The Morgan fingerprint density at radius 3 is 2.24 bits per heavy atom. The standard InChI is InChI=1S/C25H25N3O/c1-17(25(26)29)27-16-21(18-10-4-2-5-11-18)23-20-14-8-9-15-22(20)28-24(23)19-12-6-3-7-13-19/h2-15,17,21,27-28H,16H2,1H3,(H2,26,29)/p+1/t17-,21-/m1/s1. The maximum absolute atomic E-state index is 11.6. The third-order valence-electron chi connectivity index (χ3n) is 5.53. The number of aromatic nitrogens is 1. The zero-order valence-corrected chi connectivity index (χ0v) is 16.5. The normalized spacial score (nSPS) is 13.3. The quantitative estimate of drug-likeness (QED) is 0.449. The van der Waals surface area contributed by atoms with Crippen LogP contribution in [-0.4, -0.2) is 23.5 Å². The highest BCUT2D eigenvalue weighted by Gasteiger charge is 2.26. The highest BCUT2D eigenvalue weighted by Crippen LogP contribution is 2.38. The van der Waals surface area contributed by atoms with E-state index in [4.69, 9.17) is 5.73 Å². The van der Waals surface area contributed by atoms with E-state index < -0.39 is 0 Å². The van der Waals surface area contributed by atoms with Gasteiger partial charge in [0.15, 0.2) is 6.04 Å². The van der Waals surface area contributed by atoms with Crippen molar-refractivity contribution in [3.05, 3.63) is 96.1 Å². The number of primary amides is 1. The predicted octanol–water partition coefficient (Wildman–Crippen LogP) is 3.40. The number of fused-ring (bicyclic) bond motifs is 1. The van der Waals surface area contributed by atoms with Gasteiger partial charge in [-0.15, -0.1) is 0 Å². The van der Waals surface area contributed by atoms with Crippen LogP contribution in [0.5, 0.6) is 0 Å². The molecule has 0 unspecified atom stereocenters. The lowest BCUT2D eigenvalue weighted by molar-refractivity contribution is -0.674. The molecule has 0 saturated carbocycles. The molecule has 146 valence electrons. The van der Waals surface area contributed by atoms with Crippen LogP contribution < -0.4 is 11.1 Å². The first-order valence-electron chi connectivity index (χ1n) is 9.98. The smallest absolute Gasteiger partial charge is 0.275 e. The van der Waals surface area contributed by atoms with E-state index in [2.05, 4.69) is 77.8 Å². The Hall–Kier alpha value is -3.37. The van der Waals surface area contributed by atoms with E-state index in [1.807, 2.05) is 24.4 Å². The summed E-state index contributed by atoms with van der Waals surface area (Å²) in [6.07, 6.45) is 0. The molecule has 2 atom stereocenters. The van der Waals surface area contributed by atoms with Gasteiger partial charge in [-0.05, 0) is 29.7 Å². The van der Waals surface area contributed by atoms with E-state index in [1.54, 1.807) is 0 Å². The number of H-pyrrole nitrogens is 1. The number of hydrogen-bond donors (Lipinski definition) is 3. The van der Waals surface area contributed by atoms with Crippen molar-refractivity contribution < 1.29 is 10.1 Å². The molecule has 4 nitrogen and oxygen atoms in total. The van der Waals surface area contributed by atoms with E-state index in [-0.39, 0.29) is 17.9 Å². The lowest BCUT2D eigenvalue weighted by Gasteiger charge is -2.20. The lowest BCUT2D eigenvalue weighted by atomic mass is 9.87. The molecule has 0 spiro atoms. The van der Waals surface area contributed by atoms with Crippen molar-refractivity contribution in [1.82, 2.24) is 4.98 Å². The van der Waals surface area contributed by atoms with Gasteiger partial charge in [0.1, 0.15) is 0 Å². The van der Waals surface area contributed by atoms with Crippen LogP contribution in [0, 0.1) is 0 Å². The highest BCUT2D eigenvalue weighted by molar-refractivity contribution is 5.92. The molecule has 5 N–H and O–H groups in total. The first-order chi connectivity index (χ1) is 14.1. The monoisotopic (exact) mass is 384 g/mol. The minimum atomic E-state index is -0.293. The molecule has 4 rings (SSSR count). The third kappa shape index (κ3) is 3.93. The number of amides is 1. The molecule has 0 fully saturated rings. The molecule has 0 radical (unpaired) electrons. The molecule has 1 amide bonds. The molecule has 0 aliphatic carbocycles. The molecule has 1 heterocycles. The van der Waals surface area contributed by atoms with Gasteiger partial charge in [-0.2, -0.15) is 0 Å². The Labute approximate surface area is 170 Å². The Morgan fingerprint density at radius 2 is 1.55 bits per heavy atom.